The van der Waals surface area contributed by atoms with Crippen LogP contribution in [0.25, 0.3) is 0 Å². The van der Waals surface area contributed by atoms with E-state index in [-0.39, 0.29) is 25.3 Å². The minimum atomic E-state index is -1.56. The molecule has 3 atom stereocenters. The summed E-state index contributed by atoms with van der Waals surface area (Å²) in [7, 11) is 0. The van der Waals surface area contributed by atoms with Gasteiger partial charge in [0.15, 0.2) is 0 Å². The van der Waals surface area contributed by atoms with Crippen LogP contribution in [0.5, 0.6) is 0 Å². The summed E-state index contributed by atoms with van der Waals surface area (Å²) in [6, 6.07) is 31.7. The Morgan fingerprint density at radius 2 is 1.00 bits per heavy atom. The molecule has 1 unspecified atom stereocenters. The fourth-order valence-electron chi connectivity index (χ4n) is 5.07. The summed E-state index contributed by atoms with van der Waals surface area (Å²) in [4.78, 5) is 56.2. The predicted molar refractivity (Wildman–Crippen MR) is 151 cm³/mol. The largest absolute Gasteiger partial charge is 0.460 e. The monoisotopic (exact) mass is 565 g/mol. The van der Waals surface area contributed by atoms with E-state index in [1.54, 1.807) is 78.9 Å². The number of hydrogen-bond acceptors (Lipinski definition) is 6. The molecule has 0 spiro atoms. The van der Waals surface area contributed by atoms with E-state index in [9.17, 15) is 23.6 Å². The molecule has 2 amide bonds. The highest BCUT2D eigenvalue weighted by atomic mass is 19.1. The number of benzene rings is 4. The van der Waals surface area contributed by atoms with Crippen LogP contribution in [0.3, 0.4) is 0 Å². The molecule has 7 nitrogen and oxygen atoms in total. The van der Waals surface area contributed by atoms with Crippen molar-refractivity contribution in [3.63, 3.8) is 0 Å². The molecule has 0 aliphatic carbocycles. The Morgan fingerprint density at radius 3 is 1.43 bits per heavy atom. The summed E-state index contributed by atoms with van der Waals surface area (Å²) in [5, 5.41) is 0. The van der Waals surface area contributed by atoms with Crippen molar-refractivity contribution in [2.45, 2.75) is 25.7 Å². The predicted octanol–water partition coefficient (Wildman–Crippen LogP) is 5.20. The van der Waals surface area contributed by atoms with Crippen LogP contribution in [0.2, 0.25) is 0 Å². The topological polar surface area (TPSA) is 90.0 Å². The average Bonchev–Trinajstić information content (AvgIpc) is 3.02. The summed E-state index contributed by atoms with van der Waals surface area (Å²) < 4.78 is 25.1. The van der Waals surface area contributed by atoms with E-state index >= 15 is 0 Å². The van der Waals surface area contributed by atoms with Gasteiger partial charge in [-0.2, -0.15) is 0 Å². The Morgan fingerprint density at radius 1 is 0.595 bits per heavy atom. The van der Waals surface area contributed by atoms with Crippen LogP contribution < -0.4 is 0 Å². The number of hydrogen-bond donors (Lipinski definition) is 0. The average molecular weight is 566 g/mol. The number of likely N-dealkylation sites (tertiary alicyclic amines) is 1. The van der Waals surface area contributed by atoms with Crippen LogP contribution in [0, 0.1) is 17.7 Å². The normalized spacial score (nSPS) is 18.4. The van der Waals surface area contributed by atoms with Crippen LogP contribution in [-0.2, 0) is 48.4 Å². The maximum atomic E-state index is 14.0. The molecule has 5 rings (SSSR count). The first kappa shape index (κ1) is 28.4. The maximum absolute atomic E-state index is 14.0. The molecule has 4 aromatic carbocycles. The van der Waals surface area contributed by atoms with Gasteiger partial charge in [0.05, 0.1) is 6.54 Å². The van der Waals surface area contributed by atoms with Crippen LogP contribution >= 0.6 is 0 Å². The van der Waals surface area contributed by atoms with Gasteiger partial charge in [-0.25, -0.2) is 4.39 Å². The maximum Gasteiger partial charge on any atom is 0.319 e. The standard InChI is InChI=1S/C34H28FNO6/c35-27-18-16-26(17-19-27)28-29(33(39)41-21-24-12-6-2-7-13-24)31(37)36(20-23-10-4-1-5-11-23)32(38)30(28)34(40)42-22-25-14-8-3-9-15-25/h1-19,28-30H,20-22H2/t28?,29-,30+. The van der Waals surface area contributed by atoms with Gasteiger partial charge in [0.25, 0.3) is 0 Å². The fourth-order valence-corrected chi connectivity index (χ4v) is 5.07. The molecule has 212 valence electrons. The highest BCUT2D eigenvalue weighted by Gasteiger charge is 2.56. The third-order valence-electron chi connectivity index (χ3n) is 7.18. The Labute approximate surface area is 242 Å². The molecule has 1 saturated heterocycles. The first-order valence-electron chi connectivity index (χ1n) is 13.5. The highest BCUT2D eigenvalue weighted by molar-refractivity contribution is 6.14. The van der Waals surface area contributed by atoms with E-state index in [0.717, 1.165) is 17.0 Å². The van der Waals surface area contributed by atoms with Crippen molar-refractivity contribution in [2.75, 3.05) is 0 Å². The van der Waals surface area contributed by atoms with Gasteiger partial charge in [-0.05, 0) is 34.4 Å². The molecule has 0 bridgehead atoms. The fraction of sp³-hybridized carbons (Fsp3) is 0.176. The van der Waals surface area contributed by atoms with E-state index in [1.807, 2.05) is 12.1 Å². The van der Waals surface area contributed by atoms with Gasteiger partial charge in [-0.15, -0.1) is 0 Å². The quantitative estimate of drug-likeness (QED) is 0.158. The van der Waals surface area contributed by atoms with E-state index < -0.39 is 47.3 Å². The molecule has 1 aliphatic heterocycles. The summed E-state index contributed by atoms with van der Waals surface area (Å²) in [5.41, 5.74) is 2.29. The van der Waals surface area contributed by atoms with Crippen LogP contribution in [-0.4, -0.2) is 28.7 Å². The van der Waals surface area contributed by atoms with Crippen molar-refractivity contribution in [3.8, 4) is 0 Å². The molecule has 4 aromatic rings. The zero-order valence-corrected chi connectivity index (χ0v) is 22.6. The molecule has 8 heteroatoms. The molecule has 1 fully saturated rings. The van der Waals surface area contributed by atoms with Crippen LogP contribution in [0.15, 0.2) is 115 Å². The second-order valence-corrected chi connectivity index (χ2v) is 9.97. The van der Waals surface area contributed by atoms with Crippen molar-refractivity contribution in [1.29, 1.82) is 0 Å². The number of amides is 2. The molecule has 1 heterocycles. The SMILES string of the molecule is O=C(OCc1ccccc1)[C@@H]1C(=O)N(Cc2ccccc2)C(=O)[C@H](C(=O)OCc2ccccc2)C1c1ccc(F)cc1. The Bertz CT molecular complexity index is 1470. The number of nitrogens with zero attached hydrogens (tertiary/aromatic N) is 1. The number of halogens is 1. The lowest BCUT2D eigenvalue weighted by Crippen LogP contribution is -2.57. The third kappa shape index (κ3) is 6.44. The number of carbonyl (C=O) groups is 4. The lowest BCUT2D eigenvalue weighted by molar-refractivity contribution is -0.173. The number of ether oxygens (including phenoxy) is 2. The summed E-state index contributed by atoms with van der Waals surface area (Å²) in [5.74, 6) is -8.35. The van der Waals surface area contributed by atoms with Crippen molar-refractivity contribution >= 4 is 23.8 Å². The molecular formula is C34H28FNO6. The Hall–Kier alpha value is -5.11. The van der Waals surface area contributed by atoms with Gasteiger partial charge in [0.1, 0.15) is 30.9 Å². The Kier molecular flexibility index (Phi) is 8.82. The third-order valence-corrected chi connectivity index (χ3v) is 7.18. The van der Waals surface area contributed by atoms with Gasteiger partial charge >= 0.3 is 11.9 Å². The summed E-state index contributed by atoms with van der Waals surface area (Å²) in [6.45, 7) is -0.385. The molecule has 42 heavy (non-hydrogen) atoms. The molecular weight excluding hydrogens is 537 g/mol. The summed E-state index contributed by atoms with van der Waals surface area (Å²) in [6.07, 6.45) is 0. The van der Waals surface area contributed by atoms with E-state index in [1.165, 1.54) is 12.1 Å². The van der Waals surface area contributed by atoms with Crippen molar-refractivity contribution in [1.82, 2.24) is 4.90 Å². The first-order chi connectivity index (χ1) is 20.4. The minimum Gasteiger partial charge on any atom is -0.460 e. The first-order valence-corrected chi connectivity index (χ1v) is 13.5. The highest BCUT2D eigenvalue weighted by Crippen LogP contribution is 2.41. The molecule has 0 saturated carbocycles. The lowest BCUT2D eigenvalue weighted by atomic mass is 9.72. The van der Waals surface area contributed by atoms with Gasteiger partial charge in [0, 0.05) is 5.92 Å². The van der Waals surface area contributed by atoms with E-state index in [4.69, 9.17) is 9.47 Å². The second-order valence-electron chi connectivity index (χ2n) is 9.97. The number of esters is 2. The Balaban J connectivity index is 1.53. The molecule has 1 aliphatic rings. The van der Waals surface area contributed by atoms with Gasteiger partial charge in [-0.1, -0.05) is 103 Å². The lowest BCUT2D eigenvalue weighted by Gasteiger charge is -2.39. The molecule has 0 N–H and O–H groups in total. The van der Waals surface area contributed by atoms with Gasteiger partial charge in [0.2, 0.25) is 11.8 Å². The van der Waals surface area contributed by atoms with Crippen molar-refractivity contribution < 1.29 is 33.0 Å². The van der Waals surface area contributed by atoms with E-state index in [0.29, 0.717) is 16.7 Å². The molecule has 0 aromatic heterocycles. The zero-order chi connectivity index (χ0) is 29.5. The van der Waals surface area contributed by atoms with Crippen LogP contribution in [0.4, 0.5) is 4.39 Å². The van der Waals surface area contributed by atoms with Crippen molar-refractivity contribution in [2.24, 2.45) is 11.8 Å². The van der Waals surface area contributed by atoms with Crippen molar-refractivity contribution in [3.05, 3.63) is 143 Å². The second kappa shape index (κ2) is 13.0. The van der Waals surface area contributed by atoms with Gasteiger partial charge in [-0.3, -0.25) is 24.1 Å². The summed E-state index contributed by atoms with van der Waals surface area (Å²) >= 11 is 0. The minimum absolute atomic E-state index is 0.116. The van der Waals surface area contributed by atoms with E-state index in [2.05, 4.69) is 0 Å². The number of piperidine rings is 1. The molecule has 0 radical (unpaired) electrons. The van der Waals surface area contributed by atoms with Crippen LogP contribution in [0.1, 0.15) is 28.2 Å². The smallest absolute Gasteiger partial charge is 0.319 e. The number of imide groups is 1. The number of carbonyl (C=O) groups excluding carboxylic acids is 4. The van der Waals surface area contributed by atoms with Gasteiger partial charge < -0.3 is 9.47 Å². The number of rotatable bonds is 9. The zero-order valence-electron chi connectivity index (χ0n) is 22.6.